The van der Waals surface area contributed by atoms with Crippen molar-refractivity contribution in [3.05, 3.63) is 15.8 Å². The van der Waals surface area contributed by atoms with Gasteiger partial charge in [0.05, 0.1) is 12.0 Å². The molecule has 0 radical (unpaired) electrons. The Labute approximate surface area is 96.1 Å². The third-order valence-electron chi connectivity index (χ3n) is 1.89. The van der Waals surface area contributed by atoms with Crippen molar-refractivity contribution < 1.29 is 14.5 Å². The van der Waals surface area contributed by atoms with Crippen LogP contribution in [0.1, 0.15) is 5.69 Å². The second-order valence-electron chi connectivity index (χ2n) is 3.05. The Morgan fingerprint density at radius 3 is 2.76 bits per heavy atom. The minimum Gasteiger partial charge on any atom is -0.468 e. The summed E-state index contributed by atoms with van der Waals surface area (Å²) < 4.78 is 4.39. The van der Waals surface area contributed by atoms with E-state index in [4.69, 9.17) is 5.73 Å². The fourth-order valence-electron chi connectivity index (χ4n) is 1.16. The second kappa shape index (κ2) is 5.05. The summed E-state index contributed by atoms with van der Waals surface area (Å²) in [7, 11) is 1.21. The number of hydrogen-bond donors (Lipinski definition) is 2. The third-order valence-corrected chi connectivity index (χ3v) is 1.89. The van der Waals surface area contributed by atoms with E-state index >= 15 is 0 Å². The number of carbonyl (C=O) groups excluding carboxylic acids is 1. The highest BCUT2D eigenvalue weighted by Gasteiger charge is 2.21. The van der Waals surface area contributed by atoms with Crippen LogP contribution in [0.25, 0.3) is 0 Å². The van der Waals surface area contributed by atoms with Crippen LogP contribution in [-0.2, 0) is 9.53 Å². The monoisotopic (exact) mass is 241 g/mol. The highest BCUT2D eigenvalue weighted by atomic mass is 16.6. The van der Waals surface area contributed by atoms with Crippen LogP contribution >= 0.6 is 0 Å². The Bertz CT molecular complexity index is 461. The van der Waals surface area contributed by atoms with E-state index in [-0.39, 0.29) is 29.7 Å². The van der Waals surface area contributed by atoms with Crippen molar-refractivity contribution in [1.82, 2.24) is 9.97 Å². The van der Waals surface area contributed by atoms with Crippen LogP contribution in [0.3, 0.4) is 0 Å². The quantitative estimate of drug-likeness (QED) is 0.422. The molecule has 1 aromatic heterocycles. The van der Waals surface area contributed by atoms with Crippen molar-refractivity contribution in [3.63, 3.8) is 0 Å². The molecule has 0 saturated carbocycles. The summed E-state index contributed by atoms with van der Waals surface area (Å²) in [5.41, 5.74) is 5.17. The van der Waals surface area contributed by atoms with Crippen LogP contribution in [0, 0.1) is 17.0 Å². The summed E-state index contributed by atoms with van der Waals surface area (Å²) in [6, 6.07) is 0. The van der Waals surface area contributed by atoms with Crippen molar-refractivity contribution in [2.75, 3.05) is 24.7 Å². The molecule has 0 amide bonds. The van der Waals surface area contributed by atoms with Gasteiger partial charge in [0.2, 0.25) is 11.8 Å². The number of nitrogens with two attached hydrogens (primary N) is 1. The zero-order valence-electron chi connectivity index (χ0n) is 9.26. The van der Waals surface area contributed by atoms with Gasteiger partial charge in [-0.05, 0) is 6.92 Å². The summed E-state index contributed by atoms with van der Waals surface area (Å²) >= 11 is 0. The first-order chi connectivity index (χ1) is 7.95. The van der Waals surface area contributed by atoms with Crippen LogP contribution < -0.4 is 11.1 Å². The van der Waals surface area contributed by atoms with Gasteiger partial charge in [-0.3, -0.25) is 14.9 Å². The van der Waals surface area contributed by atoms with Crippen molar-refractivity contribution in [1.29, 1.82) is 0 Å². The molecule has 1 heterocycles. The van der Waals surface area contributed by atoms with Crippen molar-refractivity contribution in [2.45, 2.75) is 6.92 Å². The molecule has 0 spiro atoms. The normalized spacial score (nSPS) is 9.76. The Morgan fingerprint density at radius 1 is 1.59 bits per heavy atom. The zero-order valence-corrected chi connectivity index (χ0v) is 9.26. The predicted octanol–water partition coefficient (Wildman–Crippen LogP) is -0.140. The highest BCUT2D eigenvalue weighted by Crippen LogP contribution is 2.25. The number of nitro groups is 1. The smallest absolute Gasteiger partial charge is 0.332 e. The first-order valence-corrected chi connectivity index (χ1v) is 4.55. The predicted molar refractivity (Wildman–Crippen MR) is 58.3 cm³/mol. The summed E-state index contributed by atoms with van der Waals surface area (Å²) in [6.45, 7) is 1.19. The van der Waals surface area contributed by atoms with E-state index in [1.165, 1.54) is 14.0 Å². The van der Waals surface area contributed by atoms with Gasteiger partial charge in [0.25, 0.3) is 0 Å². The van der Waals surface area contributed by atoms with Gasteiger partial charge in [0, 0.05) is 0 Å². The molecule has 9 heteroatoms. The number of nitrogens with zero attached hydrogens (tertiary/aromatic N) is 3. The molecule has 1 aromatic rings. The summed E-state index contributed by atoms with van der Waals surface area (Å²) in [5.74, 6) is -0.792. The summed E-state index contributed by atoms with van der Waals surface area (Å²) in [5, 5.41) is 13.3. The van der Waals surface area contributed by atoms with E-state index in [1.54, 1.807) is 0 Å². The molecule has 92 valence electrons. The topological polar surface area (TPSA) is 133 Å². The van der Waals surface area contributed by atoms with Crippen molar-refractivity contribution in [2.24, 2.45) is 0 Å². The summed E-state index contributed by atoms with van der Waals surface area (Å²) in [4.78, 5) is 28.4. The van der Waals surface area contributed by atoms with Crippen LogP contribution in [0.5, 0.6) is 0 Å². The van der Waals surface area contributed by atoms with Crippen LogP contribution in [0.4, 0.5) is 17.5 Å². The number of aromatic nitrogens is 2. The number of hydrogen-bond acceptors (Lipinski definition) is 8. The first-order valence-electron chi connectivity index (χ1n) is 4.55. The lowest BCUT2D eigenvalue weighted by Gasteiger charge is -2.06. The average Bonchev–Trinajstić information content (AvgIpc) is 2.24. The van der Waals surface area contributed by atoms with Gasteiger partial charge in [-0.25, -0.2) is 4.98 Å². The van der Waals surface area contributed by atoms with Crippen LogP contribution in [-0.4, -0.2) is 34.5 Å². The Hall–Kier alpha value is -2.45. The van der Waals surface area contributed by atoms with E-state index in [0.717, 1.165) is 0 Å². The molecule has 0 unspecified atom stereocenters. The fraction of sp³-hybridized carbons (Fsp3) is 0.375. The fourth-order valence-corrected chi connectivity index (χ4v) is 1.16. The number of carbonyl (C=O) groups is 1. The maximum Gasteiger partial charge on any atom is 0.332 e. The number of methoxy groups -OCH3 is 1. The second-order valence-corrected chi connectivity index (χ2v) is 3.05. The molecule has 0 fully saturated rings. The van der Waals surface area contributed by atoms with Crippen LogP contribution in [0.2, 0.25) is 0 Å². The van der Waals surface area contributed by atoms with Gasteiger partial charge in [0.1, 0.15) is 12.2 Å². The van der Waals surface area contributed by atoms with Gasteiger partial charge in [0.15, 0.2) is 0 Å². The zero-order chi connectivity index (χ0) is 13.0. The third kappa shape index (κ3) is 3.00. The van der Waals surface area contributed by atoms with Crippen LogP contribution in [0.15, 0.2) is 0 Å². The maximum absolute atomic E-state index is 10.9. The molecule has 3 N–H and O–H groups in total. The Morgan fingerprint density at radius 2 is 2.24 bits per heavy atom. The first kappa shape index (κ1) is 12.6. The number of rotatable bonds is 4. The maximum atomic E-state index is 10.9. The number of anilines is 2. The van der Waals surface area contributed by atoms with Gasteiger partial charge in [-0.2, -0.15) is 4.98 Å². The number of ether oxygens (including phenoxy) is 1. The molecule has 9 nitrogen and oxygen atoms in total. The molecule has 0 atom stereocenters. The molecule has 1 rings (SSSR count). The minimum atomic E-state index is -0.644. The number of aryl methyl sites for hydroxylation is 1. The van der Waals surface area contributed by atoms with E-state index in [2.05, 4.69) is 20.0 Å². The van der Waals surface area contributed by atoms with E-state index in [9.17, 15) is 14.9 Å². The molecule has 0 aliphatic carbocycles. The van der Waals surface area contributed by atoms with Gasteiger partial charge < -0.3 is 15.8 Å². The molecule has 0 aliphatic heterocycles. The van der Waals surface area contributed by atoms with Crippen molar-refractivity contribution in [3.8, 4) is 0 Å². The summed E-state index contributed by atoms with van der Waals surface area (Å²) in [6.07, 6.45) is 0. The molecule has 17 heavy (non-hydrogen) atoms. The van der Waals surface area contributed by atoms with E-state index < -0.39 is 10.9 Å². The largest absolute Gasteiger partial charge is 0.468 e. The standard InChI is InChI=1S/C8H11N5O4/c1-4-6(13(15)16)7(12-8(9)11-4)10-3-5(14)17-2/h3H2,1-2H3,(H3,9,10,11,12). The molecule has 0 saturated heterocycles. The molecule has 0 aromatic carbocycles. The SMILES string of the molecule is COC(=O)CNc1nc(N)nc(C)c1[N+](=O)[O-]. The number of nitrogens with one attached hydrogen (secondary N) is 1. The van der Waals surface area contributed by atoms with E-state index in [0.29, 0.717) is 0 Å². The lowest BCUT2D eigenvalue weighted by atomic mass is 10.3. The molecular formula is C8H11N5O4. The highest BCUT2D eigenvalue weighted by molar-refractivity contribution is 5.76. The lowest BCUT2D eigenvalue weighted by molar-refractivity contribution is -0.385. The molecule has 0 aliphatic rings. The van der Waals surface area contributed by atoms with Gasteiger partial charge in [-0.1, -0.05) is 0 Å². The lowest BCUT2D eigenvalue weighted by Crippen LogP contribution is -2.17. The van der Waals surface area contributed by atoms with Gasteiger partial charge >= 0.3 is 11.7 Å². The number of nitrogen functional groups attached to an aromatic ring is 1. The molecular weight excluding hydrogens is 230 g/mol. The minimum absolute atomic E-state index is 0.106. The molecule has 0 bridgehead atoms. The Balaban J connectivity index is 3.04. The van der Waals surface area contributed by atoms with E-state index in [1.807, 2.05) is 0 Å². The average molecular weight is 241 g/mol. The Kier molecular flexibility index (Phi) is 3.75. The van der Waals surface area contributed by atoms with Crippen molar-refractivity contribution >= 4 is 23.4 Å². The van der Waals surface area contributed by atoms with Gasteiger partial charge in [-0.15, -0.1) is 0 Å². The number of esters is 1.